The Balaban J connectivity index is 2.72. The first-order valence-corrected chi connectivity index (χ1v) is 3.39. The normalized spacial score (nSPS) is 10.6. The van der Waals surface area contributed by atoms with Gasteiger partial charge < -0.3 is 4.98 Å². The van der Waals surface area contributed by atoms with Crippen LogP contribution in [0.25, 0.3) is 0 Å². The summed E-state index contributed by atoms with van der Waals surface area (Å²) < 4.78 is 0. The highest BCUT2D eigenvalue weighted by atomic mass is 15.0. The number of nitrogens with one attached hydrogen (secondary N) is 1. The van der Waals surface area contributed by atoms with E-state index < -0.39 is 0 Å². The Morgan fingerprint density at radius 3 is 3.18 bits per heavy atom. The van der Waals surface area contributed by atoms with Gasteiger partial charge in [-0.15, -0.1) is 0 Å². The van der Waals surface area contributed by atoms with Crippen LogP contribution in [0.1, 0.15) is 12.7 Å². The maximum Gasteiger partial charge on any atom is 0.171 e. The van der Waals surface area contributed by atoms with Crippen molar-refractivity contribution < 1.29 is 0 Å². The zero-order valence-corrected chi connectivity index (χ0v) is 6.41. The molecule has 0 atom stereocenters. The van der Waals surface area contributed by atoms with Gasteiger partial charge in [0.2, 0.25) is 0 Å². The van der Waals surface area contributed by atoms with Gasteiger partial charge in [0.1, 0.15) is 12.2 Å². The number of aromatic nitrogens is 2. The number of aliphatic imine (C=N–C) groups is 2. The zero-order valence-electron chi connectivity index (χ0n) is 6.41. The van der Waals surface area contributed by atoms with Crippen LogP contribution in [0.3, 0.4) is 0 Å². The van der Waals surface area contributed by atoms with Crippen LogP contribution >= 0.6 is 0 Å². The molecule has 1 heterocycles. The highest BCUT2D eigenvalue weighted by molar-refractivity contribution is 5.65. The van der Waals surface area contributed by atoms with Gasteiger partial charge in [-0.3, -0.25) is 4.99 Å². The number of nitrogens with zero attached hydrogens (tertiary/aromatic N) is 3. The smallest absolute Gasteiger partial charge is 0.171 e. The SMILES string of the molecule is C=N/C=N\c1c[nH]c(CC)n1. The molecule has 1 N–H and O–H groups in total. The second-order valence-electron chi connectivity index (χ2n) is 1.99. The van der Waals surface area contributed by atoms with Crippen molar-refractivity contribution in [3.05, 3.63) is 12.0 Å². The number of hydrogen-bond donors (Lipinski definition) is 1. The lowest BCUT2D eigenvalue weighted by Crippen LogP contribution is -1.79. The number of rotatable bonds is 3. The van der Waals surface area contributed by atoms with E-state index in [2.05, 4.69) is 26.7 Å². The Morgan fingerprint density at radius 1 is 1.82 bits per heavy atom. The second kappa shape index (κ2) is 3.65. The van der Waals surface area contributed by atoms with Crippen LogP contribution in [0.2, 0.25) is 0 Å². The van der Waals surface area contributed by atoms with Crippen molar-refractivity contribution in [2.24, 2.45) is 9.98 Å². The first-order valence-electron chi connectivity index (χ1n) is 3.39. The molecule has 1 aromatic heterocycles. The number of hydrogen-bond acceptors (Lipinski definition) is 2. The first kappa shape index (κ1) is 7.65. The minimum Gasteiger partial charge on any atom is -0.347 e. The lowest BCUT2D eigenvalue weighted by Gasteiger charge is -1.81. The van der Waals surface area contributed by atoms with Crippen LogP contribution in [-0.2, 0) is 6.42 Å². The van der Waals surface area contributed by atoms with Gasteiger partial charge in [-0.05, 0) is 6.72 Å². The van der Waals surface area contributed by atoms with E-state index in [4.69, 9.17) is 0 Å². The van der Waals surface area contributed by atoms with Gasteiger partial charge in [0.25, 0.3) is 0 Å². The number of H-pyrrole nitrogens is 1. The third kappa shape index (κ3) is 2.00. The summed E-state index contributed by atoms with van der Waals surface area (Å²) in [6, 6.07) is 0. The van der Waals surface area contributed by atoms with Crippen LogP contribution in [0.5, 0.6) is 0 Å². The van der Waals surface area contributed by atoms with Crippen molar-refractivity contribution in [2.75, 3.05) is 0 Å². The summed E-state index contributed by atoms with van der Waals surface area (Å²) in [5.41, 5.74) is 0. The molecule has 58 valence electrons. The average molecular weight is 150 g/mol. The monoisotopic (exact) mass is 150 g/mol. The molecule has 0 spiro atoms. The van der Waals surface area contributed by atoms with Crippen molar-refractivity contribution in [3.63, 3.8) is 0 Å². The summed E-state index contributed by atoms with van der Waals surface area (Å²) in [7, 11) is 0. The van der Waals surface area contributed by atoms with Crippen LogP contribution in [0, 0.1) is 0 Å². The van der Waals surface area contributed by atoms with Crippen molar-refractivity contribution in [1.82, 2.24) is 9.97 Å². The summed E-state index contributed by atoms with van der Waals surface area (Å²) in [5.74, 6) is 1.58. The quantitative estimate of drug-likeness (QED) is 0.513. The molecule has 0 radical (unpaired) electrons. The van der Waals surface area contributed by atoms with E-state index in [0.717, 1.165) is 12.2 Å². The number of aryl methyl sites for hydroxylation is 1. The number of aromatic amines is 1. The van der Waals surface area contributed by atoms with Crippen LogP contribution < -0.4 is 0 Å². The lowest BCUT2D eigenvalue weighted by molar-refractivity contribution is 0.989. The average Bonchev–Trinajstić information content (AvgIpc) is 2.48. The molecule has 0 bridgehead atoms. The van der Waals surface area contributed by atoms with E-state index in [-0.39, 0.29) is 0 Å². The fraction of sp³-hybridized carbons (Fsp3) is 0.286. The molecule has 1 rings (SSSR count). The molecule has 0 unspecified atom stereocenters. The van der Waals surface area contributed by atoms with E-state index in [1.165, 1.54) is 6.34 Å². The van der Waals surface area contributed by atoms with Crippen LogP contribution in [0.15, 0.2) is 16.2 Å². The summed E-state index contributed by atoms with van der Waals surface area (Å²) in [6.07, 6.45) is 3.99. The van der Waals surface area contributed by atoms with Crippen LogP contribution in [0.4, 0.5) is 5.82 Å². The predicted octanol–water partition coefficient (Wildman–Crippen LogP) is 1.33. The minimum atomic E-state index is 0.647. The minimum absolute atomic E-state index is 0.647. The molecule has 4 heteroatoms. The molecule has 0 saturated carbocycles. The van der Waals surface area contributed by atoms with Gasteiger partial charge in [0.05, 0.1) is 0 Å². The van der Waals surface area contributed by atoms with Crippen LogP contribution in [-0.4, -0.2) is 23.0 Å². The molecule has 1 aromatic rings. The summed E-state index contributed by atoms with van der Waals surface area (Å²) in [6.45, 7) is 5.29. The van der Waals surface area contributed by atoms with E-state index in [0.29, 0.717) is 5.82 Å². The lowest BCUT2D eigenvalue weighted by atomic mass is 10.5. The maximum atomic E-state index is 4.12. The van der Waals surface area contributed by atoms with E-state index >= 15 is 0 Å². The molecule has 0 saturated heterocycles. The van der Waals surface area contributed by atoms with E-state index in [1.54, 1.807) is 6.20 Å². The molecule has 4 nitrogen and oxygen atoms in total. The largest absolute Gasteiger partial charge is 0.347 e. The second-order valence-corrected chi connectivity index (χ2v) is 1.99. The molecule has 0 aliphatic heterocycles. The zero-order chi connectivity index (χ0) is 8.10. The first-order chi connectivity index (χ1) is 5.36. The van der Waals surface area contributed by atoms with Crippen molar-refractivity contribution in [3.8, 4) is 0 Å². The van der Waals surface area contributed by atoms with Gasteiger partial charge in [-0.25, -0.2) is 9.98 Å². The summed E-state index contributed by atoms with van der Waals surface area (Å²) in [5, 5.41) is 0. The predicted molar refractivity (Wildman–Crippen MR) is 45.7 cm³/mol. The maximum absolute atomic E-state index is 4.12. The Morgan fingerprint density at radius 2 is 2.64 bits per heavy atom. The fourth-order valence-corrected chi connectivity index (χ4v) is 0.698. The van der Waals surface area contributed by atoms with Crippen molar-refractivity contribution in [1.29, 1.82) is 0 Å². The standard InChI is InChI=1S/C7H10N4/c1-3-6-9-4-7(11-6)10-5-8-2/h4-5H,2-3H2,1H3,(H,9,11)/b10-5-. The van der Waals surface area contributed by atoms with Gasteiger partial charge in [0.15, 0.2) is 5.82 Å². The third-order valence-corrected chi connectivity index (χ3v) is 1.22. The molecule has 0 amide bonds. The third-order valence-electron chi connectivity index (χ3n) is 1.22. The van der Waals surface area contributed by atoms with E-state index in [9.17, 15) is 0 Å². The van der Waals surface area contributed by atoms with Crippen molar-refractivity contribution >= 4 is 18.9 Å². The molecular weight excluding hydrogens is 140 g/mol. The molecule has 0 fully saturated rings. The van der Waals surface area contributed by atoms with Crippen molar-refractivity contribution in [2.45, 2.75) is 13.3 Å². The highest BCUT2D eigenvalue weighted by Gasteiger charge is 1.94. The topological polar surface area (TPSA) is 53.4 Å². The molecular formula is C7H10N4. The molecule has 0 aliphatic rings. The molecule has 0 aliphatic carbocycles. The summed E-state index contributed by atoms with van der Waals surface area (Å²) >= 11 is 0. The Hall–Kier alpha value is -1.45. The Kier molecular flexibility index (Phi) is 2.54. The van der Waals surface area contributed by atoms with Gasteiger partial charge >= 0.3 is 0 Å². The fourth-order valence-electron chi connectivity index (χ4n) is 0.698. The number of imidazole rings is 1. The van der Waals surface area contributed by atoms with Gasteiger partial charge in [-0.2, -0.15) is 0 Å². The van der Waals surface area contributed by atoms with Gasteiger partial charge in [-0.1, -0.05) is 6.92 Å². The Bertz CT molecular complexity index is 261. The highest BCUT2D eigenvalue weighted by Crippen LogP contribution is 2.06. The molecule has 11 heavy (non-hydrogen) atoms. The van der Waals surface area contributed by atoms with Gasteiger partial charge in [0, 0.05) is 12.6 Å². The summed E-state index contributed by atoms with van der Waals surface area (Å²) in [4.78, 5) is 14.5. The molecule has 0 aromatic carbocycles. The Labute approximate surface area is 65.1 Å². The van der Waals surface area contributed by atoms with E-state index in [1.807, 2.05) is 6.92 Å².